The van der Waals surface area contributed by atoms with E-state index >= 15 is 0 Å². The van der Waals surface area contributed by atoms with E-state index in [1.807, 2.05) is 42.5 Å². The van der Waals surface area contributed by atoms with Crippen molar-refractivity contribution < 1.29 is 9.84 Å². The maximum absolute atomic E-state index is 9.23. The molecular formula is C17H14N2O2. The van der Waals surface area contributed by atoms with Crippen LogP contribution in [0.1, 0.15) is 5.56 Å². The van der Waals surface area contributed by atoms with Gasteiger partial charge in [0.25, 0.3) is 0 Å². The molecule has 104 valence electrons. The highest BCUT2D eigenvalue weighted by atomic mass is 16.5. The third kappa shape index (κ3) is 3.07. The molecule has 3 rings (SSSR count). The molecule has 1 aromatic heterocycles. The highest BCUT2D eigenvalue weighted by Gasteiger charge is 2.06. The van der Waals surface area contributed by atoms with Gasteiger partial charge in [0.05, 0.1) is 12.2 Å². The van der Waals surface area contributed by atoms with Crippen molar-refractivity contribution in [2.45, 2.75) is 6.61 Å². The van der Waals surface area contributed by atoms with E-state index in [-0.39, 0.29) is 6.61 Å². The molecule has 4 heteroatoms. The van der Waals surface area contributed by atoms with Crippen molar-refractivity contribution in [3.05, 3.63) is 72.7 Å². The summed E-state index contributed by atoms with van der Waals surface area (Å²) in [6, 6.07) is 17.9. The summed E-state index contributed by atoms with van der Waals surface area (Å²) in [6.45, 7) is -0.154. The van der Waals surface area contributed by atoms with Crippen LogP contribution in [-0.2, 0) is 6.61 Å². The Balaban J connectivity index is 1.82. The molecule has 4 nitrogen and oxygen atoms in total. The lowest BCUT2D eigenvalue weighted by Crippen LogP contribution is -1.95. The van der Waals surface area contributed by atoms with Gasteiger partial charge in [0, 0.05) is 6.20 Å². The number of aromatic nitrogens is 2. The van der Waals surface area contributed by atoms with Gasteiger partial charge in [-0.15, -0.1) is 0 Å². The Kier molecular flexibility index (Phi) is 3.89. The van der Waals surface area contributed by atoms with Crippen LogP contribution in [0.25, 0.3) is 11.1 Å². The molecule has 0 aliphatic heterocycles. The average Bonchev–Trinajstić information content (AvgIpc) is 2.57. The van der Waals surface area contributed by atoms with E-state index in [1.165, 1.54) is 6.33 Å². The zero-order valence-electron chi connectivity index (χ0n) is 11.3. The second-order valence-electron chi connectivity index (χ2n) is 4.50. The fraction of sp³-hybridized carbons (Fsp3) is 0.0588. The van der Waals surface area contributed by atoms with Crippen molar-refractivity contribution in [3.8, 4) is 22.8 Å². The van der Waals surface area contributed by atoms with E-state index < -0.39 is 0 Å². The van der Waals surface area contributed by atoms with Crippen LogP contribution in [-0.4, -0.2) is 15.1 Å². The highest BCUT2D eigenvalue weighted by Crippen LogP contribution is 2.26. The van der Waals surface area contributed by atoms with E-state index in [0.29, 0.717) is 17.2 Å². The first-order valence-electron chi connectivity index (χ1n) is 6.60. The number of benzene rings is 2. The number of aliphatic hydroxyl groups excluding tert-OH is 1. The Hall–Kier alpha value is -2.72. The molecule has 0 saturated heterocycles. The van der Waals surface area contributed by atoms with Crippen LogP contribution in [0, 0.1) is 0 Å². The quantitative estimate of drug-likeness (QED) is 0.794. The second-order valence-corrected chi connectivity index (χ2v) is 4.50. The Morgan fingerprint density at radius 3 is 2.33 bits per heavy atom. The molecule has 0 aliphatic carbocycles. The number of hydrogen-bond acceptors (Lipinski definition) is 4. The van der Waals surface area contributed by atoms with Gasteiger partial charge in [0.15, 0.2) is 0 Å². The summed E-state index contributed by atoms with van der Waals surface area (Å²) >= 11 is 0. The zero-order chi connectivity index (χ0) is 14.5. The normalized spacial score (nSPS) is 10.3. The fourth-order valence-electron chi connectivity index (χ4n) is 2.01. The van der Waals surface area contributed by atoms with Gasteiger partial charge in [-0.2, -0.15) is 0 Å². The lowest BCUT2D eigenvalue weighted by molar-refractivity contribution is 0.274. The van der Waals surface area contributed by atoms with Gasteiger partial charge < -0.3 is 9.84 Å². The van der Waals surface area contributed by atoms with E-state index in [9.17, 15) is 5.11 Å². The summed E-state index contributed by atoms with van der Waals surface area (Å²) in [5.74, 6) is 1.04. The minimum absolute atomic E-state index is 0.154. The van der Waals surface area contributed by atoms with Crippen LogP contribution in [0.3, 0.4) is 0 Å². The van der Waals surface area contributed by atoms with Gasteiger partial charge in [-0.25, -0.2) is 9.97 Å². The van der Waals surface area contributed by atoms with Crippen LogP contribution in [0.4, 0.5) is 0 Å². The topological polar surface area (TPSA) is 55.2 Å². The lowest BCUT2D eigenvalue weighted by Gasteiger charge is -2.08. The summed E-state index contributed by atoms with van der Waals surface area (Å²) in [6.07, 6.45) is 2.94. The van der Waals surface area contributed by atoms with Crippen molar-refractivity contribution in [1.82, 2.24) is 9.97 Å². The number of ether oxygens (including phenoxy) is 1. The highest BCUT2D eigenvalue weighted by molar-refractivity contribution is 5.64. The molecule has 0 radical (unpaired) electrons. The molecule has 0 unspecified atom stereocenters. The first-order chi connectivity index (χ1) is 10.4. The maximum Gasteiger partial charge on any atom is 0.227 e. The van der Waals surface area contributed by atoms with Crippen molar-refractivity contribution >= 4 is 0 Å². The number of nitrogens with zero attached hydrogens (tertiary/aromatic N) is 2. The first-order valence-corrected chi connectivity index (χ1v) is 6.60. The van der Waals surface area contributed by atoms with Gasteiger partial charge in [-0.1, -0.05) is 42.5 Å². The molecule has 0 fully saturated rings. The molecule has 21 heavy (non-hydrogen) atoms. The molecule has 0 saturated carbocycles. The largest absolute Gasteiger partial charge is 0.439 e. The summed E-state index contributed by atoms with van der Waals surface area (Å²) in [7, 11) is 0. The van der Waals surface area contributed by atoms with Crippen molar-refractivity contribution in [1.29, 1.82) is 0 Å². The van der Waals surface area contributed by atoms with Crippen LogP contribution in [0.15, 0.2) is 67.1 Å². The molecule has 0 aliphatic rings. The molecule has 0 amide bonds. The van der Waals surface area contributed by atoms with Crippen LogP contribution in [0.2, 0.25) is 0 Å². The van der Waals surface area contributed by atoms with Gasteiger partial charge in [0.2, 0.25) is 5.88 Å². The van der Waals surface area contributed by atoms with E-state index in [4.69, 9.17) is 4.74 Å². The predicted molar refractivity (Wildman–Crippen MR) is 79.9 cm³/mol. The number of aliphatic hydroxyl groups is 1. The summed E-state index contributed by atoms with van der Waals surface area (Å²) in [5, 5.41) is 9.23. The Morgan fingerprint density at radius 2 is 1.62 bits per heavy atom. The second kappa shape index (κ2) is 6.15. The molecule has 0 bridgehead atoms. The van der Waals surface area contributed by atoms with E-state index in [1.54, 1.807) is 6.20 Å². The molecular weight excluding hydrogens is 264 g/mol. The lowest BCUT2D eigenvalue weighted by atomic mass is 10.1. The fourth-order valence-corrected chi connectivity index (χ4v) is 2.01. The van der Waals surface area contributed by atoms with E-state index in [0.717, 1.165) is 11.1 Å². The summed E-state index contributed by atoms with van der Waals surface area (Å²) in [4.78, 5) is 7.89. The van der Waals surface area contributed by atoms with Crippen molar-refractivity contribution in [2.75, 3.05) is 0 Å². The third-order valence-corrected chi connectivity index (χ3v) is 3.09. The molecule has 0 spiro atoms. The minimum atomic E-state index is -0.154. The molecule has 2 aromatic carbocycles. The molecule has 1 heterocycles. The Labute approximate surface area is 122 Å². The third-order valence-electron chi connectivity index (χ3n) is 3.09. The van der Waals surface area contributed by atoms with Crippen molar-refractivity contribution in [3.63, 3.8) is 0 Å². The average molecular weight is 278 g/mol. The monoisotopic (exact) mass is 278 g/mol. The molecule has 3 aromatic rings. The Morgan fingerprint density at radius 1 is 0.905 bits per heavy atom. The van der Waals surface area contributed by atoms with Gasteiger partial charge in [0.1, 0.15) is 12.1 Å². The summed E-state index contributed by atoms with van der Waals surface area (Å²) in [5.41, 5.74) is 2.83. The molecule has 0 atom stereocenters. The summed E-state index contributed by atoms with van der Waals surface area (Å²) < 4.78 is 5.68. The van der Waals surface area contributed by atoms with Crippen LogP contribution in [0.5, 0.6) is 11.6 Å². The minimum Gasteiger partial charge on any atom is -0.439 e. The maximum atomic E-state index is 9.23. The zero-order valence-corrected chi connectivity index (χ0v) is 11.3. The first kappa shape index (κ1) is 13.3. The number of hydrogen-bond donors (Lipinski definition) is 1. The Bertz CT molecular complexity index is 712. The smallest absolute Gasteiger partial charge is 0.227 e. The standard InChI is InChI=1S/C17H14N2O2/c20-11-15-10-18-12-19-17(15)21-16-8-6-14(7-9-16)13-4-2-1-3-5-13/h1-10,12,20H,11H2. The van der Waals surface area contributed by atoms with Crippen LogP contribution < -0.4 is 4.74 Å². The van der Waals surface area contributed by atoms with Gasteiger partial charge in [-0.05, 0) is 23.3 Å². The van der Waals surface area contributed by atoms with E-state index in [2.05, 4.69) is 22.1 Å². The molecule has 1 N–H and O–H groups in total. The predicted octanol–water partition coefficient (Wildman–Crippen LogP) is 3.43. The van der Waals surface area contributed by atoms with Crippen molar-refractivity contribution in [2.24, 2.45) is 0 Å². The van der Waals surface area contributed by atoms with Crippen LogP contribution >= 0.6 is 0 Å². The number of rotatable bonds is 4. The van der Waals surface area contributed by atoms with Gasteiger partial charge >= 0.3 is 0 Å². The SMILES string of the molecule is OCc1cncnc1Oc1ccc(-c2ccccc2)cc1. The van der Waals surface area contributed by atoms with Gasteiger partial charge in [-0.3, -0.25) is 0 Å².